The molecule has 6 heteroatoms. The summed E-state index contributed by atoms with van der Waals surface area (Å²) in [5.41, 5.74) is 1.59. The maximum atomic E-state index is 13.2. The molecule has 0 saturated carbocycles. The molecule has 3 rings (SSSR count). The average Bonchev–Trinajstić information content (AvgIpc) is 2.86. The van der Waals surface area contributed by atoms with Crippen LogP contribution in [0.1, 0.15) is 30.3 Å². The summed E-state index contributed by atoms with van der Waals surface area (Å²) >= 11 is 0. The first-order valence-electron chi connectivity index (χ1n) is 7.75. The first-order valence-corrected chi connectivity index (χ1v) is 9.24. The van der Waals surface area contributed by atoms with Crippen molar-refractivity contribution in [1.82, 2.24) is 4.67 Å². The van der Waals surface area contributed by atoms with Crippen molar-refractivity contribution in [2.45, 2.75) is 25.2 Å². The van der Waals surface area contributed by atoms with Crippen molar-refractivity contribution in [3.8, 4) is 6.07 Å². The molecule has 124 valence electrons. The summed E-state index contributed by atoms with van der Waals surface area (Å²) in [6, 6.07) is 20.6. The highest BCUT2D eigenvalue weighted by Gasteiger charge is 2.49. The van der Waals surface area contributed by atoms with Crippen LogP contribution in [0.5, 0.6) is 0 Å². The van der Waals surface area contributed by atoms with Gasteiger partial charge in [0.25, 0.3) is 0 Å². The number of likely N-dealkylation sites (N-methyl/N-ethyl adjacent to an activating group) is 1. The van der Waals surface area contributed by atoms with Crippen LogP contribution in [-0.2, 0) is 13.6 Å². The number of benzene rings is 2. The highest BCUT2D eigenvalue weighted by atomic mass is 31.2. The smallest absolute Gasteiger partial charge is 0.287 e. The summed E-state index contributed by atoms with van der Waals surface area (Å²) in [5, 5.41) is 9.42. The van der Waals surface area contributed by atoms with Crippen molar-refractivity contribution in [3.63, 3.8) is 0 Å². The Hall–Kier alpha value is -1.96. The topological polar surface area (TPSA) is 62.6 Å². The lowest BCUT2D eigenvalue weighted by molar-refractivity contribution is 0.154. The van der Waals surface area contributed by atoms with Crippen molar-refractivity contribution < 1.29 is 13.6 Å². The van der Waals surface area contributed by atoms with Gasteiger partial charge in [0.1, 0.15) is 6.10 Å². The minimum absolute atomic E-state index is 0.131. The Bertz CT molecular complexity index is 776. The van der Waals surface area contributed by atoms with Crippen molar-refractivity contribution in [2.75, 3.05) is 7.05 Å². The number of hydrogen-bond acceptors (Lipinski definition) is 4. The largest absolute Gasteiger partial charge is 0.410 e. The predicted molar refractivity (Wildman–Crippen MR) is 91.0 cm³/mol. The molecule has 1 aliphatic rings. The number of hydrogen-bond donors (Lipinski definition) is 0. The van der Waals surface area contributed by atoms with Gasteiger partial charge < -0.3 is 0 Å². The molecule has 1 heterocycles. The molecule has 24 heavy (non-hydrogen) atoms. The van der Waals surface area contributed by atoms with Gasteiger partial charge in [0.15, 0.2) is 6.10 Å². The summed E-state index contributed by atoms with van der Waals surface area (Å²) < 4.78 is 26.3. The molecule has 4 atom stereocenters. The van der Waals surface area contributed by atoms with Crippen molar-refractivity contribution >= 4 is 7.75 Å². The normalized spacial score (nSPS) is 28.4. The van der Waals surface area contributed by atoms with E-state index in [1.165, 1.54) is 0 Å². The third kappa shape index (κ3) is 3.15. The van der Waals surface area contributed by atoms with Gasteiger partial charge in [-0.15, -0.1) is 0 Å². The minimum Gasteiger partial charge on any atom is -0.287 e. The molecule has 1 saturated heterocycles. The molecule has 1 aliphatic heterocycles. The van der Waals surface area contributed by atoms with Crippen LogP contribution in [0.3, 0.4) is 0 Å². The van der Waals surface area contributed by atoms with E-state index in [-0.39, 0.29) is 12.1 Å². The second kappa shape index (κ2) is 6.88. The van der Waals surface area contributed by atoms with Gasteiger partial charge in [-0.25, -0.2) is 9.24 Å². The summed E-state index contributed by atoms with van der Waals surface area (Å²) in [6.45, 7) is 1.94. The van der Waals surface area contributed by atoms with E-state index >= 15 is 0 Å². The zero-order valence-electron chi connectivity index (χ0n) is 13.6. The quantitative estimate of drug-likeness (QED) is 0.767. The van der Waals surface area contributed by atoms with E-state index in [9.17, 15) is 9.83 Å². The van der Waals surface area contributed by atoms with Gasteiger partial charge in [-0.3, -0.25) is 9.05 Å². The van der Waals surface area contributed by atoms with Crippen LogP contribution in [0.25, 0.3) is 0 Å². The van der Waals surface area contributed by atoms with Crippen molar-refractivity contribution in [1.29, 1.82) is 5.26 Å². The van der Waals surface area contributed by atoms with E-state index < -0.39 is 13.9 Å². The third-order valence-corrected chi connectivity index (χ3v) is 6.35. The molecule has 0 N–H and O–H groups in total. The van der Waals surface area contributed by atoms with Crippen molar-refractivity contribution in [3.05, 3.63) is 71.8 Å². The summed E-state index contributed by atoms with van der Waals surface area (Å²) in [5.74, 6) is 0. The van der Waals surface area contributed by atoms with Crippen LogP contribution >= 0.6 is 7.75 Å². The second-order valence-corrected chi connectivity index (χ2v) is 7.73. The average molecular weight is 342 g/mol. The van der Waals surface area contributed by atoms with E-state index in [1.807, 2.05) is 55.5 Å². The first-order chi connectivity index (χ1) is 11.5. The van der Waals surface area contributed by atoms with Crippen LogP contribution in [0, 0.1) is 11.3 Å². The lowest BCUT2D eigenvalue weighted by atomic mass is 10.0. The van der Waals surface area contributed by atoms with E-state index in [4.69, 9.17) is 9.05 Å². The Balaban J connectivity index is 1.85. The van der Waals surface area contributed by atoms with Crippen LogP contribution < -0.4 is 0 Å². The number of nitrogens with zero attached hydrogens (tertiary/aromatic N) is 2. The zero-order chi connectivity index (χ0) is 17.2. The van der Waals surface area contributed by atoms with Gasteiger partial charge in [0, 0.05) is 6.04 Å². The zero-order valence-corrected chi connectivity index (χ0v) is 14.5. The van der Waals surface area contributed by atoms with Gasteiger partial charge in [0.2, 0.25) is 0 Å². The van der Waals surface area contributed by atoms with Crippen LogP contribution in [0.15, 0.2) is 60.7 Å². The van der Waals surface area contributed by atoms with Gasteiger partial charge >= 0.3 is 7.75 Å². The van der Waals surface area contributed by atoms with Gasteiger partial charge in [-0.2, -0.15) is 5.26 Å². The molecule has 0 aliphatic carbocycles. The van der Waals surface area contributed by atoms with Crippen molar-refractivity contribution in [2.24, 2.45) is 0 Å². The Kier molecular flexibility index (Phi) is 4.84. The molecule has 0 aromatic heterocycles. The molecule has 0 spiro atoms. The predicted octanol–water partition coefficient (Wildman–Crippen LogP) is 4.47. The Labute approximate surface area is 142 Å². The molecule has 5 nitrogen and oxygen atoms in total. The van der Waals surface area contributed by atoms with Crippen LogP contribution in [0.4, 0.5) is 0 Å². The molecule has 1 unspecified atom stereocenters. The van der Waals surface area contributed by atoms with E-state index in [0.29, 0.717) is 5.56 Å². The molecule has 0 bridgehead atoms. The molecule has 1 fully saturated rings. The monoisotopic (exact) mass is 342 g/mol. The van der Waals surface area contributed by atoms with E-state index in [0.717, 1.165) is 5.56 Å². The van der Waals surface area contributed by atoms with Gasteiger partial charge in [-0.1, -0.05) is 60.7 Å². The number of nitriles is 1. The lowest BCUT2D eigenvalue weighted by Gasteiger charge is -2.22. The molecule has 0 amide bonds. The third-order valence-electron chi connectivity index (χ3n) is 4.25. The maximum Gasteiger partial charge on any atom is 0.410 e. The Morgan fingerprint density at radius 2 is 1.75 bits per heavy atom. The first kappa shape index (κ1) is 16.9. The Morgan fingerprint density at radius 3 is 2.33 bits per heavy atom. The summed E-state index contributed by atoms with van der Waals surface area (Å²) in [6.07, 6.45) is -1.31. The van der Waals surface area contributed by atoms with Gasteiger partial charge in [-0.05, 0) is 25.1 Å². The fourth-order valence-corrected chi connectivity index (χ4v) is 4.66. The van der Waals surface area contributed by atoms with E-state index in [1.54, 1.807) is 23.9 Å². The molecular weight excluding hydrogens is 323 g/mol. The lowest BCUT2D eigenvalue weighted by Crippen LogP contribution is -2.24. The fraction of sp³-hybridized carbons (Fsp3) is 0.278. The van der Waals surface area contributed by atoms with Crippen LogP contribution in [-0.4, -0.2) is 17.8 Å². The molecule has 2 aromatic carbocycles. The maximum absolute atomic E-state index is 13.2. The van der Waals surface area contributed by atoms with Gasteiger partial charge in [0.05, 0.1) is 6.07 Å². The summed E-state index contributed by atoms with van der Waals surface area (Å²) in [4.78, 5) is 0. The minimum atomic E-state index is -3.57. The highest BCUT2D eigenvalue weighted by Crippen LogP contribution is 2.64. The highest BCUT2D eigenvalue weighted by molar-refractivity contribution is 7.51. The molecule has 0 radical (unpaired) electrons. The SMILES string of the molecule is C[C@H]1[C@H](c2ccccc2)O[P@](=O)(OC(C#N)c2ccccc2)N1C. The second-order valence-electron chi connectivity index (χ2n) is 5.74. The number of rotatable bonds is 4. The fourth-order valence-electron chi connectivity index (χ4n) is 2.73. The molecular formula is C18H19N2O3P. The van der Waals surface area contributed by atoms with E-state index in [2.05, 4.69) is 6.07 Å². The standard InChI is InChI=1S/C18H19N2O3P/c1-14-18(16-11-7-4-8-12-16)23-24(21,20(14)2)22-17(13-19)15-9-5-3-6-10-15/h3-12,14,17-18H,1-2H3/t14-,17?,18+,24+/m0/s1. The Morgan fingerprint density at radius 1 is 1.17 bits per heavy atom. The van der Waals surface area contributed by atoms with Crippen LogP contribution in [0.2, 0.25) is 0 Å². The molecule has 2 aromatic rings. The summed E-state index contributed by atoms with van der Waals surface area (Å²) in [7, 11) is -1.86.